The standard InChI is InChI=1S/C22H25NO3/c1-17-4-3-5-19(14-17)21(24)8-6-18-7-9-22(25-2)20(15-18)16-23-10-12-26-13-11-23/h3-9,14-15H,10-13,16H2,1-2H3/b8-6+. The number of allylic oxidation sites excluding steroid dienone is 1. The molecule has 3 rings (SSSR count). The summed E-state index contributed by atoms with van der Waals surface area (Å²) in [4.78, 5) is 14.7. The van der Waals surface area contributed by atoms with Crippen molar-refractivity contribution in [2.24, 2.45) is 0 Å². The Morgan fingerprint density at radius 2 is 2.00 bits per heavy atom. The number of morpholine rings is 1. The number of carbonyl (C=O) groups excluding carboxylic acids is 1. The van der Waals surface area contributed by atoms with Gasteiger partial charge in [-0.2, -0.15) is 0 Å². The molecule has 136 valence electrons. The normalized spacial score (nSPS) is 15.3. The quantitative estimate of drug-likeness (QED) is 0.587. The van der Waals surface area contributed by atoms with Crippen molar-refractivity contribution >= 4 is 11.9 Å². The molecule has 0 saturated carbocycles. The van der Waals surface area contributed by atoms with E-state index in [1.165, 1.54) is 0 Å². The maximum Gasteiger partial charge on any atom is 0.185 e. The fraction of sp³-hybridized carbons (Fsp3) is 0.318. The molecule has 1 fully saturated rings. The Morgan fingerprint density at radius 1 is 1.19 bits per heavy atom. The minimum atomic E-state index is 0.0132. The van der Waals surface area contributed by atoms with Crippen LogP contribution in [0.3, 0.4) is 0 Å². The van der Waals surface area contributed by atoms with E-state index in [-0.39, 0.29) is 5.78 Å². The second-order valence-corrected chi connectivity index (χ2v) is 6.53. The molecule has 1 aliphatic heterocycles. The predicted octanol–water partition coefficient (Wildman–Crippen LogP) is 3.73. The molecule has 0 unspecified atom stereocenters. The summed E-state index contributed by atoms with van der Waals surface area (Å²) in [7, 11) is 1.69. The average molecular weight is 351 g/mol. The molecular formula is C22H25NO3. The number of rotatable bonds is 6. The first kappa shape index (κ1) is 18.4. The first-order valence-corrected chi connectivity index (χ1v) is 8.92. The van der Waals surface area contributed by atoms with Gasteiger partial charge in [0, 0.05) is 30.8 Å². The smallest absolute Gasteiger partial charge is 0.185 e. The number of benzene rings is 2. The van der Waals surface area contributed by atoms with E-state index in [2.05, 4.69) is 11.0 Å². The fourth-order valence-electron chi connectivity index (χ4n) is 3.09. The Labute approximate surface area is 155 Å². The summed E-state index contributed by atoms with van der Waals surface area (Å²) in [5.41, 5.74) is 3.92. The Hall–Kier alpha value is -2.43. The van der Waals surface area contributed by atoms with Crippen LogP contribution in [0.4, 0.5) is 0 Å². The van der Waals surface area contributed by atoms with E-state index in [4.69, 9.17) is 9.47 Å². The summed E-state index contributed by atoms with van der Waals surface area (Å²) in [5.74, 6) is 0.887. The zero-order chi connectivity index (χ0) is 18.4. The summed E-state index contributed by atoms with van der Waals surface area (Å²) in [5, 5.41) is 0. The third-order valence-corrected chi connectivity index (χ3v) is 4.53. The molecule has 0 bridgehead atoms. The molecule has 4 heteroatoms. The van der Waals surface area contributed by atoms with Crippen molar-refractivity contribution in [3.05, 3.63) is 70.8 Å². The lowest BCUT2D eigenvalue weighted by atomic mass is 10.0. The van der Waals surface area contributed by atoms with Crippen LogP contribution in [0.25, 0.3) is 6.08 Å². The maximum atomic E-state index is 12.4. The molecular weight excluding hydrogens is 326 g/mol. The molecule has 0 aromatic heterocycles. The summed E-state index contributed by atoms with van der Waals surface area (Å²) < 4.78 is 10.9. The van der Waals surface area contributed by atoms with Gasteiger partial charge >= 0.3 is 0 Å². The van der Waals surface area contributed by atoms with Gasteiger partial charge in [-0.15, -0.1) is 0 Å². The summed E-state index contributed by atoms with van der Waals surface area (Å²) in [6.07, 6.45) is 3.50. The molecule has 4 nitrogen and oxygen atoms in total. The molecule has 2 aromatic carbocycles. The van der Waals surface area contributed by atoms with Crippen molar-refractivity contribution in [3.8, 4) is 5.75 Å². The van der Waals surface area contributed by atoms with Crippen LogP contribution in [0.1, 0.15) is 27.0 Å². The lowest BCUT2D eigenvalue weighted by molar-refractivity contribution is 0.0339. The van der Waals surface area contributed by atoms with E-state index < -0.39 is 0 Å². The molecule has 26 heavy (non-hydrogen) atoms. The zero-order valence-electron chi connectivity index (χ0n) is 15.4. The Balaban J connectivity index is 1.75. The second-order valence-electron chi connectivity index (χ2n) is 6.53. The van der Waals surface area contributed by atoms with Gasteiger partial charge in [0.15, 0.2) is 5.78 Å². The molecule has 0 amide bonds. The van der Waals surface area contributed by atoms with Crippen molar-refractivity contribution in [1.29, 1.82) is 0 Å². The molecule has 2 aromatic rings. The topological polar surface area (TPSA) is 38.8 Å². The van der Waals surface area contributed by atoms with Crippen LogP contribution < -0.4 is 4.74 Å². The largest absolute Gasteiger partial charge is 0.496 e. The fourth-order valence-corrected chi connectivity index (χ4v) is 3.09. The number of ketones is 1. The summed E-state index contributed by atoms with van der Waals surface area (Å²) in [6.45, 7) is 6.20. The van der Waals surface area contributed by atoms with E-state index in [1.54, 1.807) is 13.2 Å². The van der Waals surface area contributed by atoms with Gasteiger partial charge in [0.1, 0.15) is 5.75 Å². The highest BCUT2D eigenvalue weighted by molar-refractivity contribution is 6.06. The maximum absolute atomic E-state index is 12.4. The van der Waals surface area contributed by atoms with Gasteiger partial charge in [-0.1, -0.05) is 35.9 Å². The molecule has 1 aliphatic rings. The summed E-state index contributed by atoms with van der Waals surface area (Å²) >= 11 is 0. The molecule has 0 N–H and O–H groups in total. The first-order valence-electron chi connectivity index (χ1n) is 8.92. The van der Waals surface area contributed by atoms with Crippen molar-refractivity contribution in [2.75, 3.05) is 33.4 Å². The molecule has 0 atom stereocenters. The Morgan fingerprint density at radius 3 is 2.73 bits per heavy atom. The number of ether oxygens (including phenoxy) is 2. The van der Waals surface area contributed by atoms with Crippen LogP contribution in [-0.4, -0.2) is 44.1 Å². The third kappa shape index (κ3) is 4.81. The van der Waals surface area contributed by atoms with Gasteiger partial charge in [-0.25, -0.2) is 0 Å². The number of hydrogen-bond acceptors (Lipinski definition) is 4. The van der Waals surface area contributed by atoms with Crippen molar-refractivity contribution < 1.29 is 14.3 Å². The number of aryl methyl sites for hydroxylation is 1. The van der Waals surface area contributed by atoms with E-state index in [1.807, 2.05) is 49.4 Å². The molecule has 0 radical (unpaired) electrons. The van der Waals surface area contributed by atoms with Gasteiger partial charge < -0.3 is 9.47 Å². The van der Waals surface area contributed by atoms with Crippen LogP contribution in [0.15, 0.2) is 48.5 Å². The number of methoxy groups -OCH3 is 1. The van der Waals surface area contributed by atoms with E-state index >= 15 is 0 Å². The van der Waals surface area contributed by atoms with E-state index in [0.717, 1.165) is 55.3 Å². The minimum Gasteiger partial charge on any atom is -0.496 e. The van der Waals surface area contributed by atoms with Gasteiger partial charge in [0.25, 0.3) is 0 Å². The molecule has 0 spiro atoms. The second kappa shape index (κ2) is 8.79. The molecule has 1 heterocycles. The van der Waals surface area contributed by atoms with Crippen LogP contribution >= 0.6 is 0 Å². The average Bonchev–Trinajstić information content (AvgIpc) is 2.67. The SMILES string of the molecule is COc1ccc(/C=C/C(=O)c2cccc(C)c2)cc1CN1CCOCC1. The number of hydrogen-bond donors (Lipinski definition) is 0. The van der Waals surface area contributed by atoms with Crippen LogP contribution in [-0.2, 0) is 11.3 Å². The van der Waals surface area contributed by atoms with Crippen molar-refractivity contribution in [1.82, 2.24) is 4.90 Å². The Kier molecular flexibility index (Phi) is 6.21. The molecule has 1 saturated heterocycles. The number of nitrogens with zero attached hydrogens (tertiary/aromatic N) is 1. The molecule has 0 aliphatic carbocycles. The zero-order valence-corrected chi connectivity index (χ0v) is 15.4. The minimum absolute atomic E-state index is 0.0132. The van der Waals surface area contributed by atoms with Crippen LogP contribution in [0, 0.1) is 6.92 Å². The highest BCUT2D eigenvalue weighted by atomic mass is 16.5. The van der Waals surface area contributed by atoms with E-state index in [9.17, 15) is 4.79 Å². The monoisotopic (exact) mass is 351 g/mol. The lowest BCUT2D eigenvalue weighted by Crippen LogP contribution is -2.35. The van der Waals surface area contributed by atoms with Gasteiger partial charge in [-0.3, -0.25) is 9.69 Å². The van der Waals surface area contributed by atoms with Crippen LogP contribution in [0.5, 0.6) is 5.75 Å². The van der Waals surface area contributed by atoms with Gasteiger partial charge in [0.2, 0.25) is 0 Å². The Bertz CT molecular complexity index is 792. The third-order valence-electron chi connectivity index (χ3n) is 4.53. The van der Waals surface area contributed by atoms with Crippen molar-refractivity contribution in [3.63, 3.8) is 0 Å². The van der Waals surface area contributed by atoms with Crippen LogP contribution in [0.2, 0.25) is 0 Å². The predicted molar refractivity (Wildman–Crippen MR) is 104 cm³/mol. The van der Waals surface area contributed by atoms with Gasteiger partial charge in [0.05, 0.1) is 20.3 Å². The van der Waals surface area contributed by atoms with Gasteiger partial charge in [-0.05, 0) is 36.8 Å². The number of carbonyl (C=O) groups is 1. The lowest BCUT2D eigenvalue weighted by Gasteiger charge is -2.27. The highest BCUT2D eigenvalue weighted by Crippen LogP contribution is 2.23. The summed E-state index contributed by atoms with van der Waals surface area (Å²) in [6, 6.07) is 13.7. The van der Waals surface area contributed by atoms with Crippen molar-refractivity contribution in [2.45, 2.75) is 13.5 Å². The highest BCUT2D eigenvalue weighted by Gasteiger charge is 2.13. The van der Waals surface area contributed by atoms with E-state index in [0.29, 0.717) is 5.56 Å². The first-order chi connectivity index (χ1) is 12.7.